The van der Waals surface area contributed by atoms with Crippen molar-refractivity contribution in [2.24, 2.45) is 10.9 Å². The molecule has 5 nitrogen and oxygen atoms in total. The zero-order valence-corrected chi connectivity index (χ0v) is 13.5. The lowest BCUT2D eigenvalue weighted by Crippen LogP contribution is -2.33. The fraction of sp³-hybridized carbons (Fsp3) is 0.143. The second kappa shape index (κ2) is 7.24. The Balaban J connectivity index is 2.28. The van der Waals surface area contributed by atoms with Crippen LogP contribution in [-0.4, -0.2) is 23.5 Å². The molecule has 2 rings (SSSR count). The van der Waals surface area contributed by atoms with Crippen molar-refractivity contribution in [3.05, 3.63) is 51.1 Å². The van der Waals surface area contributed by atoms with E-state index in [4.69, 9.17) is 10.9 Å². The normalized spacial score (nSPS) is 11.4. The topological polar surface area (TPSA) is 78.9 Å². The molecule has 0 unspecified atom stereocenters. The number of para-hydroxylation sites is 1. The molecule has 1 amide bonds. The van der Waals surface area contributed by atoms with Gasteiger partial charge in [-0.05, 0) is 39.5 Å². The van der Waals surface area contributed by atoms with Crippen LogP contribution in [0.4, 0.5) is 5.69 Å². The Hall–Kier alpha value is -1.86. The van der Waals surface area contributed by atoms with Gasteiger partial charge in [0, 0.05) is 23.1 Å². The predicted molar refractivity (Wildman–Crippen MR) is 88.2 cm³/mol. The minimum Gasteiger partial charge on any atom is -0.409 e. The van der Waals surface area contributed by atoms with Gasteiger partial charge in [0.1, 0.15) is 10.7 Å². The van der Waals surface area contributed by atoms with Crippen molar-refractivity contribution in [3.63, 3.8) is 0 Å². The van der Waals surface area contributed by atoms with Gasteiger partial charge in [0.2, 0.25) is 0 Å². The predicted octanol–water partition coefficient (Wildman–Crippen LogP) is 3.29. The maximum atomic E-state index is 12.7. The molecule has 0 fully saturated rings. The Kier molecular flexibility index (Phi) is 5.35. The average molecular weight is 368 g/mol. The third-order valence-corrected chi connectivity index (χ3v) is 4.67. The summed E-state index contributed by atoms with van der Waals surface area (Å²) in [6.45, 7) is 0.336. The second-order valence-corrected chi connectivity index (χ2v) is 6.00. The van der Waals surface area contributed by atoms with Gasteiger partial charge in [-0.1, -0.05) is 23.4 Å². The van der Waals surface area contributed by atoms with Crippen molar-refractivity contribution < 1.29 is 10.0 Å². The van der Waals surface area contributed by atoms with E-state index in [2.05, 4.69) is 21.1 Å². The molecule has 3 N–H and O–H groups in total. The number of halogens is 1. The van der Waals surface area contributed by atoms with Crippen molar-refractivity contribution in [1.82, 2.24) is 0 Å². The van der Waals surface area contributed by atoms with Gasteiger partial charge in [0.25, 0.3) is 5.91 Å². The third kappa shape index (κ3) is 3.83. The van der Waals surface area contributed by atoms with Gasteiger partial charge in [-0.3, -0.25) is 4.79 Å². The molecule has 0 spiro atoms. The molecule has 0 aliphatic rings. The lowest BCUT2D eigenvalue weighted by atomic mass is 10.2. The van der Waals surface area contributed by atoms with Crippen LogP contribution in [0.5, 0.6) is 0 Å². The number of oxime groups is 1. The highest BCUT2D eigenvalue weighted by molar-refractivity contribution is 9.10. The molecular formula is C14H14BrN3O2S. The number of carbonyl (C=O) groups excluding carboxylic acids is 1. The zero-order chi connectivity index (χ0) is 15.2. The number of amidine groups is 1. The summed E-state index contributed by atoms with van der Waals surface area (Å²) in [6, 6.07) is 11.2. The Morgan fingerprint density at radius 2 is 2.05 bits per heavy atom. The first-order chi connectivity index (χ1) is 10.1. The minimum absolute atomic E-state index is 0.0916. The fourth-order valence-corrected chi connectivity index (χ4v) is 3.29. The lowest BCUT2D eigenvalue weighted by molar-refractivity contribution is 0.0991. The number of hydrogen-bond acceptors (Lipinski definition) is 4. The minimum atomic E-state index is -0.117. The second-order valence-electron chi connectivity index (χ2n) is 4.23. The van der Waals surface area contributed by atoms with Gasteiger partial charge in [0.05, 0.1) is 0 Å². The van der Waals surface area contributed by atoms with E-state index < -0.39 is 0 Å². The summed E-state index contributed by atoms with van der Waals surface area (Å²) in [5, 5.41) is 13.4. The van der Waals surface area contributed by atoms with Gasteiger partial charge < -0.3 is 15.8 Å². The summed E-state index contributed by atoms with van der Waals surface area (Å²) in [4.78, 5) is 14.9. The van der Waals surface area contributed by atoms with Gasteiger partial charge in [-0.2, -0.15) is 0 Å². The van der Waals surface area contributed by atoms with E-state index in [9.17, 15) is 4.79 Å². The maximum absolute atomic E-state index is 12.7. The summed E-state index contributed by atoms with van der Waals surface area (Å²) in [6.07, 6.45) is 0.292. The van der Waals surface area contributed by atoms with Crippen LogP contribution in [0.15, 0.2) is 51.4 Å². The van der Waals surface area contributed by atoms with E-state index in [0.717, 1.165) is 10.2 Å². The van der Waals surface area contributed by atoms with E-state index in [0.29, 0.717) is 17.8 Å². The highest BCUT2D eigenvalue weighted by Gasteiger charge is 2.21. The molecule has 0 aliphatic heterocycles. The van der Waals surface area contributed by atoms with Crippen molar-refractivity contribution in [3.8, 4) is 0 Å². The number of benzene rings is 1. The van der Waals surface area contributed by atoms with Crippen LogP contribution in [0.25, 0.3) is 0 Å². The first-order valence-corrected chi connectivity index (χ1v) is 7.87. The number of anilines is 1. The molecule has 0 saturated carbocycles. The highest BCUT2D eigenvalue weighted by Crippen LogP contribution is 2.26. The zero-order valence-electron chi connectivity index (χ0n) is 11.1. The number of nitrogens with two attached hydrogens (primary N) is 1. The molecule has 1 aromatic carbocycles. The molecule has 1 aromatic heterocycles. The van der Waals surface area contributed by atoms with Crippen LogP contribution in [-0.2, 0) is 0 Å². The van der Waals surface area contributed by atoms with E-state index in [1.807, 2.05) is 41.8 Å². The summed E-state index contributed by atoms with van der Waals surface area (Å²) in [5.74, 6) is -0.0252. The monoisotopic (exact) mass is 367 g/mol. The third-order valence-electron chi connectivity index (χ3n) is 2.84. The van der Waals surface area contributed by atoms with Crippen LogP contribution in [0, 0.1) is 0 Å². The summed E-state index contributed by atoms with van der Waals surface area (Å²) in [7, 11) is 0. The Labute approximate surface area is 134 Å². The van der Waals surface area contributed by atoms with Crippen LogP contribution in [0.3, 0.4) is 0 Å². The molecule has 0 aliphatic carbocycles. The van der Waals surface area contributed by atoms with Crippen molar-refractivity contribution >= 4 is 44.7 Å². The van der Waals surface area contributed by atoms with Crippen LogP contribution >= 0.6 is 27.3 Å². The molecule has 1 heterocycles. The van der Waals surface area contributed by atoms with E-state index in [-0.39, 0.29) is 11.7 Å². The van der Waals surface area contributed by atoms with Gasteiger partial charge >= 0.3 is 0 Å². The lowest BCUT2D eigenvalue weighted by Gasteiger charge is -2.22. The standard InChI is InChI=1S/C14H14BrN3O2S/c15-11-7-9-21-13(11)14(19)18(8-6-12(16)17-20)10-4-2-1-3-5-10/h1-5,7,9,20H,6,8H2,(H2,16,17). The first kappa shape index (κ1) is 15.5. The maximum Gasteiger partial charge on any atom is 0.269 e. The molecular weight excluding hydrogens is 354 g/mol. The Morgan fingerprint density at radius 3 is 2.62 bits per heavy atom. The van der Waals surface area contributed by atoms with Crippen LogP contribution < -0.4 is 10.6 Å². The summed E-state index contributed by atoms with van der Waals surface area (Å²) < 4.78 is 0.766. The van der Waals surface area contributed by atoms with E-state index in [1.165, 1.54) is 11.3 Å². The summed E-state index contributed by atoms with van der Waals surface area (Å²) >= 11 is 4.75. The number of rotatable bonds is 5. The molecule has 0 radical (unpaired) electrons. The first-order valence-electron chi connectivity index (χ1n) is 6.19. The van der Waals surface area contributed by atoms with Crippen LogP contribution in [0.2, 0.25) is 0 Å². The molecule has 0 atom stereocenters. The quantitative estimate of drug-likeness (QED) is 0.368. The largest absolute Gasteiger partial charge is 0.409 e. The number of amides is 1. The van der Waals surface area contributed by atoms with E-state index >= 15 is 0 Å². The molecule has 2 aromatic rings. The SMILES string of the molecule is NC(CCN(C(=O)c1sccc1Br)c1ccccc1)=NO. The average Bonchev–Trinajstić information content (AvgIpc) is 2.94. The molecule has 0 bridgehead atoms. The number of thiophene rings is 1. The van der Waals surface area contributed by atoms with Gasteiger partial charge in [-0.25, -0.2) is 0 Å². The number of hydrogen-bond donors (Lipinski definition) is 2. The van der Waals surface area contributed by atoms with Gasteiger partial charge in [-0.15, -0.1) is 11.3 Å². The molecule has 110 valence electrons. The Morgan fingerprint density at radius 1 is 1.33 bits per heavy atom. The fourth-order valence-electron chi connectivity index (χ4n) is 1.80. The summed E-state index contributed by atoms with van der Waals surface area (Å²) in [5.41, 5.74) is 6.28. The number of nitrogens with zero attached hydrogens (tertiary/aromatic N) is 2. The smallest absolute Gasteiger partial charge is 0.269 e. The molecule has 21 heavy (non-hydrogen) atoms. The van der Waals surface area contributed by atoms with Crippen molar-refractivity contribution in [2.45, 2.75) is 6.42 Å². The van der Waals surface area contributed by atoms with Gasteiger partial charge in [0.15, 0.2) is 0 Å². The van der Waals surface area contributed by atoms with Crippen molar-refractivity contribution in [1.29, 1.82) is 0 Å². The highest BCUT2D eigenvalue weighted by atomic mass is 79.9. The molecule has 7 heteroatoms. The Bertz CT molecular complexity index is 643. The van der Waals surface area contributed by atoms with Crippen LogP contribution in [0.1, 0.15) is 16.1 Å². The van der Waals surface area contributed by atoms with Crippen molar-refractivity contribution in [2.75, 3.05) is 11.4 Å². The molecule has 0 saturated heterocycles. The number of carbonyl (C=O) groups is 1. The van der Waals surface area contributed by atoms with E-state index in [1.54, 1.807) is 4.90 Å².